The van der Waals surface area contributed by atoms with Gasteiger partial charge >= 0.3 is 0 Å². The fourth-order valence-electron chi connectivity index (χ4n) is 3.06. The molecular formula is C24H25N3O4S. The first-order valence-corrected chi connectivity index (χ1v) is 11.3. The predicted molar refractivity (Wildman–Crippen MR) is 123 cm³/mol. The van der Waals surface area contributed by atoms with E-state index in [2.05, 4.69) is 16.5 Å². The van der Waals surface area contributed by atoms with Gasteiger partial charge in [0.25, 0.3) is 5.91 Å². The Balaban J connectivity index is 1.50. The molecular weight excluding hydrogens is 426 g/mol. The number of hydrogen-bond acceptors (Lipinski definition) is 7. The maximum atomic E-state index is 12.5. The molecule has 0 unspecified atom stereocenters. The molecule has 0 spiro atoms. The molecule has 1 heterocycles. The van der Waals surface area contributed by atoms with Gasteiger partial charge in [-0.1, -0.05) is 23.4 Å². The Bertz CT molecular complexity index is 1100. The van der Waals surface area contributed by atoms with Gasteiger partial charge in [0.15, 0.2) is 11.5 Å². The highest BCUT2D eigenvalue weighted by molar-refractivity contribution is 7.98. The molecule has 0 fully saturated rings. The highest BCUT2D eigenvalue weighted by Crippen LogP contribution is 2.29. The summed E-state index contributed by atoms with van der Waals surface area (Å²) < 4.78 is 16.4. The molecule has 3 rings (SSSR count). The van der Waals surface area contributed by atoms with Crippen molar-refractivity contribution >= 4 is 17.7 Å². The Morgan fingerprint density at radius 1 is 1.22 bits per heavy atom. The number of rotatable bonds is 10. The van der Waals surface area contributed by atoms with E-state index in [1.165, 1.54) is 7.11 Å². The zero-order chi connectivity index (χ0) is 22.9. The molecule has 0 aliphatic carbocycles. The molecule has 1 amide bonds. The first-order chi connectivity index (χ1) is 15.5. The first kappa shape index (κ1) is 23.2. The smallest absolute Gasteiger partial charge is 0.251 e. The van der Waals surface area contributed by atoms with Crippen molar-refractivity contribution in [1.29, 1.82) is 5.26 Å². The van der Waals surface area contributed by atoms with Gasteiger partial charge < -0.3 is 19.3 Å². The van der Waals surface area contributed by atoms with Crippen LogP contribution in [0.3, 0.4) is 0 Å². The summed E-state index contributed by atoms with van der Waals surface area (Å²) >= 11 is 1.67. The van der Waals surface area contributed by atoms with Crippen molar-refractivity contribution in [1.82, 2.24) is 10.5 Å². The van der Waals surface area contributed by atoms with Crippen molar-refractivity contribution in [2.75, 3.05) is 19.4 Å². The van der Waals surface area contributed by atoms with Crippen LogP contribution in [-0.4, -0.2) is 30.5 Å². The third kappa shape index (κ3) is 5.83. The van der Waals surface area contributed by atoms with E-state index in [9.17, 15) is 4.79 Å². The van der Waals surface area contributed by atoms with Gasteiger partial charge in [-0.05, 0) is 43.7 Å². The monoisotopic (exact) mass is 451 g/mol. The topological polar surface area (TPSA) is 97.4 Å². The van der Waals surface area contributed by atoms with Gasteiger partial charge in [-0.15, -0.1) is 0 Å². The van der Waals surface area contributed by atoms with E-state index in [4.69, 9.17) is 19.3 Å². The van der Waals surface area contributed by atoms with Gasteiger partial charge in [0, 0.05) is 23.6 Å². The van der Waals surface area contributed by atoms with Gasteiger partial charge in [-0.25, -0.2) is 0 Å². The number of benzene rings is 2. The van der Waals surface area contributed by atoms with E-state index in [0.717, 1.165) is 28.3 Å². The molecule has 7 nitrogen and oxygen atoms in total. The highest BCUT2D eigenvalue weighted by Gasteiger charge is 2.14. The van der Waals surface area contributed by atoms with Crippen LogP contribution in [0.2, 0.25) is 0 Å². The number of aromatic nitrogens is 1. The van der Waals surface area contributed by atoms with Crippen LogP contribution in [0, 0.1) is 25.2 Å². The van der Waals surface area contributed by atoms with E-state index in [0.29, 0.717) is 41.5 Å². The van der Waals surface area contributed by atoms with Crippen molar-refractivity contribution in [3.8, 4) is 17.6 Å². The van der Waals surface area contributed by atoms with Crippen LogP contribution < -0.4 is 14.8 Å². The number of nitrogens with one attached hydrogen (secondary N) is 1. The van der Waals surface area contributed by atoms with Crippen molar-refractivity contribution in [3.63, 3.8) is 0 Å². The Morgan fingerprint density at radius 3 is 2.75 bits per heavy atom. The maximum Gasteiger partial charge on any atom is 0.251 e. The Labute approximate surface area is 191 Å². The molecule has 0 aliphatic rings. The van der Waals surface area contributed by atoms with Crippen molar-refractivity contribution in [2.45, 2.75) is 26.2 Å². The molecule has 8 heteroatoms. The van der Waals surface area contributed by atoms with Crippen LogP contribution in [0.25, 0.3) is 0 Å². The highest BCUT2D eigenvalue weighted by atomic mass is 32.2. The number of amides is 1. The maximum absolute atomic E-state index is 12.5. The number of methoxy groups -OCH3 is 1. The molecule has 0 aliphatic heterocycles. The third-order valence-electron chi connectivity index (χ3n) is 4.91. The summed E-state index contributed by atoms with van der Waals surface area (Å²) in [7, 11) is 1.54. The minimum atomic E-state index is -0.182. The molecule has 2 aromatic carbocycles. The summed E-state index contributed by atoms with van der Waals surface area (Å²) in [6, 6.07) is 14.8. The molecule has 0 saturated carbocycles. The Morgan fingerprint density at radius 2 is 2.03 bits per heavy atom. The summed E-state index contributed by atoms with van der Waals surface area (Å²) in [6.07, 6.45) is 0. The fraction of sp³-hybridized carbons (Fsp3) is 0.292. The van der Waals surface area contributed by atoms with E-state index in [1.807, 2.05) is 38.1 Å². The van der Waals surface area contributed by atoms with Crippen LogP contribution >= 0.6 is 11.8 Å². The van der Waals surface area contributed by atoms with Gasteiger partial charge in [-0.2, -0.15) is 17.0 Å². The Hall–Kier alpha value is -3.44. The van der Waals surface area contributed by atoms with Crippen molar-refractivity contribution in [3.05, 3.63) is 76.2 Å². The molecule has 1 aromatic heterocycles. The average molecular weight is 452 g/mol. The van der Waals surface area contributed by atoms with Crippen LogP contribution in [0.1, 0.15) is 38.5 Å². The molecule has 32 heavy (non-hydrogen) atoms. The molecule has 0 radical (unpaired) electrons. The van der Waals surface area contributed by atoms with Crippen molar-refractivity contribution < 1.29 is 18.8 Å². The third-order valence-corrected chi connectivity index (χ3v) is 5.91. The molecule has 0 bridgehead atoms. The second-order valence-electron chi connectivity index (χ2n) is 7.03. The van der Waals surface area contributed by atoms with E-state index in [1.54, 1.807) is 30.0 Å². The lowest BCUT2D eigenvalue weighted by Crippen LogP contribution is -2.25. The standard InChI is InChI=1S/C24H25N3O4S/c1-16-21(17(2)31-27-16)14-30-22-9-8-18(12-23(22)29-3)24(28)26-10-11-32-15-20-7-5-4-6-19(20)13-25/h4-9,12H,10-11,14-15H2,1-3H3,(H,26,28). The number of hydrogen-bond donors (Lipinski definition) is 1. The average Bonchev–Trinajstić information content (AvgIpc) is 3.14. The summed E-state index contributed by atoms with van der Waals surface area (Å²) in [5.74, 6) is 3.01. The predicted octanol–water partition coefficient (Wildman–Crippen LogP) is 4.41. The number of carbonyl (C=O) groups excluding carboxylic acids is 1. The lowest BCUT2D eigenvalue weighted by atomic mass is 10.1. The van der Waals surface area contributed by atoms with E-state index >= 15 is 0 Å². The number of carbonyl (C=O) groups is 1. The normalized spacial score (nSPS) is 10.4. The number of nitrogens with zero attached hydrogens (tertiary/aromatic N) is 2. The molecule has 0 saturated heterocycles. The lowest BCUT2D eigenvalue weighted by Gasteiger charge is -2.12. The zero-order valence-corrected chi connectivity index (χ0v) is 19.1. The summed E-state index contributed by atoms with van der Waals surface area (Å²) in [4.78, 5) is 12.5. The minimum Gasteiger partial charge on any atom is -0.493 e. The summed E-state index contributed by atoms with van der Waals surface area (Å²) in [5.41, 5.74) is 3.86. The number of nitriles is 1. The number of ether oxygens (including phenoxy) is 2. The summed E-state index contributed by atoms with van der Waals surface area (Å²) in [6.45, 7) is 4.52. The van der Waals surface area contributed by atoms with Crippen LogP contribution in [-0.2, 0) is 12.4 Å². The van der Waals surface area contributed by atoms with E-state index < -0.39 is 0 Å². The van der Waals surface area contributed by atoms with Gasteiger partial charge in [0.2, 0.25) is 0 Å². The largest absolute Gasteiger partial charge is 0.493 e. The van der Waals surface area contributed by atoms with Gasteiger partial charge in [0.05, 0.1) is 30.0 Å². The van der Waals surface area contributed by atoms with Crippen LogP contribution in [0.5, 0.6) is 11.5 Å². The fourth-order valence-corrected chi connectivity index (χ4v) is 3.92. The molecule has 3 aromatic rings. The quantitative estimate of drug-likeness (QED) is 0.456. The SMILES string of the molecule is COc1cc(C(=O)NCCSCc2ccccc2C#N)ccc1OCc1c(C)noc1C. The van der Waals surface area contributed by atoms with E-state index in [-0.39, 0.29) is 5.91 Å². The molecule has 166 valence electrons. The van der Waals surface area contributed by atoms with Gasteiger partial charge in [-0.3, -0.25) is 4.79 Å². The minimum absolute atomic E-state index is 0.182. The lowest BCUT2D eigenvalue weighted by molar-refractivity contribution is 0.0955. The van der Waals surface area contributed by atoms with Crippen molar-refractivity contribution in [2.24, 2.45) is 0 Å². The Kier molecular flexibility index (Phi) is 8.17. The molecule has 0 atom stereocenters. The first-order valence-electron chi connectivity index (χ1n) is 10.1. The second-order valence-corrected chi connectivity index (χ2v) is 8.14. The molecule has 1 N–H and O–H groups in total. The number of thioether (sulfide) groups is 1. The van der Waals surface area contributed by atoms with Crippen LogP contribution in [0.15, 0.2) is 47.0 Å². The van der Waals surface area contributed by atoms with Crippen LogP contribution in [0.4, 0.5) is 0 Å². The zero-order valence-electron chi connectivity index (χ0n) is 18.3. The second kappa shape index (κ2) is 11.3. The number of aryl methyl sites for hydroxylation is 2. The summed E-state index contributed by atoms with van der Waals surface area (Å²) in [5, 5.41) is 16.0. The van der Waals surface area contributed by atoms with Gasteiger partial charge in [0.1, 0.15) is 12.4 Å².